The van der Waals surface area contributed by atoms with E-state index in [1.165, 1.54) is 0 Å². The summed E-state index contributed by atoms with van der Waals surface area (Å²) >= 11 is 0. The van der Waals surface area contributed by atoms with Gasteiger partial charge in [0.15, 0.2) is 5.82 Å². The molecule has 0 radical (unpaired) electrons. The number of aromatic nitrogens is 2. The Kier molecular flexibility index (Phi) is 4.07. The van der Waals surface area contributed by atoms with Gasteiger partial charge in [-0.2, -0.15) is 5.10 Å². The largest absolute Gasteiger partial charge is 0.354 e. The first-order valence-corrected chi connectivity index (χ1v) is 5.85. The molecule has 0 saturated carbocycles. The molecule has 88 valence electrons. The summed E-state index contributed by atoms with van der Waals surface area (Å²) in [6.07, 6.45) is 2.87. The molecule has 0 aromatic carbocycles. The number of hydrogen-bond acceptors (Lipinski definition) is 5. The quantitative estimate of drug-likeness (QED) is 0.775. The van der Waals surface area contributed by atoms with Gasteiger partial charge in [-0.05, 0) is 25.1 Å². The third-order valence-corrected chi connectivity index (χ3v) is 2.92. The first-order chi connectivity index (χ1) is 7.90. The average molecular weight is 221 g/mol. The Morgan fingerprint density at radius 2 is 2.19 bits per heavy atom. The fraction of sp³-hybridized carbons (Fsp3) is 0.636. The van der Waals surface area contributed by atoms with Gasteiger partial charge in [-0.15, -0.1) is 5.10 Å². The van der Waals surface area contributed by atoms with Gasteiger partial charge < -0.3 is 15.5 Å². The minimum atomic E-state index is 0.741. The first-order valence-electron chi connectivity index (χ1n) is 5.85. The summed E-state index contributed by atoms with van der Waals surface area (Å²) in [5, 5.41) is 8.07. The van der Waals surface area contributed by atoms with E-state index in [4.69, 9.17) is 5.73 Å². The molecule has 0 unspecified atom stereocenters. The minimum absolute atomic E-state index is 0.741. The fourth-order valence-electron chi connectivity index (χ4n) is 2.07. The number of anilines is 1. The van der Waals surface area contributed by atoms with E-state index in [0.717, 1.165) is 51.5 Å². The summed E-state index contributed by atoms with van der Waals surface area (Å²) in [6.45, 7) is 6.00. The molecule has 2 rings (SSSR count). The van der Waals surface area contributed by atoms with Crippen LogP contribution in [0.3, 0.4) is 0 Å². The van der Waals surface area contributed by atoms with Gasteiger partial charge in [-0.25, -0.2) is 0 Å². The summed E-state index contributed by atoms with van der Waals surface area (Å²) in [5.74, 6) is 0.983. The van der Waals surface area contributed by atoms with Crippen LogP contribution in [0.25, 0.3) is 0 Å². The maximum Gasteiger partial charge on any atom is 0.151 e. The van der Waals surface area contributed by atoms with Crippen molar-refractivity contribution in [3.8, 4) is 0 Å². The monoisotopic (exact) mass is 221 g/mol. The van der Waals surface area contributed by atoms with Gasteiger partial charge in [0.2, 0.25) is 0 Å². The molecule has 1 aromatic heterocycles. The van der Waals surface area contributed by atoms with E-state index < -0.39 is 0 Å². The van der Waals surface area contributed by atoms with Gasteiger partial charge in [0.25, 0.3) is 0 Å². The third-order valence-electron chi connectivity index (χ3n) is 2.92. The number of nitrogens with zero attached hydrogens (tertiary/aromatic N) is 4. The van der Waals surface area contributed by atoms with Gasteiger partial charge in [0, 0.05) is 38.9 Å². The Bertz CT molecular complexity index is 303. The normalized spacial score (nSPS) is 18.4. The zero-order chi connectivity index (χ0) is 11.2. The zero-order valence-electron chi connectivity index (χ0n) is 9.55. The van der Waals surface area contributed by atoms with Crippen LogP contribution in [0.2, 0.25) is 0 Å². The zero-order valence-corrected chi connectivity index (χ0v) is 9.55. The van der Waals surface area contributed by atoms with E-state index in [0.29, 0.717) is 0 Å². The summed E-state index contributed by atoms with van der Waals surface area (Å²) in [6, 6.07) is 3.95. The van der Waals surface area contributed by atoms with E-state index in [2.05, 4.69) is 20.0 Å². The molecule has 0 aliphatic carbocycles. The second kappa shape index (κ2) is 5.77. The van der Waals surface area contributed by atoms with Crippen LogP contribution >= 0.6 is 0 Å². The molecule has 5 heteroatoms. The highest BCUT2D eigenvalue weighted by Crippen LogP contribution is 2.11. The lowest BCUT2D eigenvalue weighted by atomic mass is 10.3. The van der Waals surface area contributed by atoms with Crippen molar-refractivity contribution in [1.82, 2.24) is 15.1 Å². The van der Waals surface area contributed by atoms with Crippen LogP contribution in [0.15, 0.2) is 18.3 Å². The molecule has 0 amide bonds. The molecule has 16 heavy (non-hydrogen) atoms. The molecule has 1 aliphatic rings. The maximum absolute atomic E-state index is 5.58. The standard InChI is InChI=1S/C11H19N5/c12-4-8-15-6-2-7-16(10-9-15)11-3-1-5-13-14-11/h1,3,5H,2,4,6-10,12H2. The molecular formula is C11H19N5. The van der Waals surface area contributed by atoms with Crippen molar-refractivity contribution in [2.45, 2.75) is 6.42 Å². The molecule has 1 aliphatic heterocycles. The Labute approximate surface area is 96.2 Å². The van der Waals surface area contributed by atoms with Crippen LogP contribution in [-0.4, -0.2) is 54.4 Å². The highest BCUT2D eigenvalue weighted by atomic mass is 15.3. The van der Waals surface area contributed by atoms with Gasteiger partial charge in [0.1, 0.15) is 0 Å². The predicted molar refractivity (Wildman–Crippen MR) is 64.4 cm³/mol. The average Bonchev–Trinajstić information content (AvgIpc) is 2.57. The van der Waals surface area contributed by atoms with Crippen molar-refractivity contribution in [2.75, 3.05) is 44.2 Å². The van der Waals surface area contributed by atoms with Crippen molar-refractivity contribution in [3.63, 3.8) is 0 Å². The summed E-state index contributed by atoms with van der Waals surface area (Å²) in [7, 11) is 0. The highest BCUT2D eigenvalue weighted by molar-refractivity contribution is 5.36. The Balaban J connectivity index is 1.94. The van der Waals surface area contributed by atoms with Gasteiger partial charge in [-0.1, -0.05) is 0 Å². The highest BCUT2D eigenvalue weighted by Gasteiger charge is 2.15. The van der Waals surface area contributed by atoms with Crippen molar-refractivity contribution in [3.05, 3.63) is 18.3 Å². The molecule has 2 heterocycles. The van der Waals surface area contributed by atoms with Crippen LogP contribution < -0.4 is 10.6 Å². The first kappa shape index (κ1) is 11.3. The predicted octanol–water partition coefficient (Wildman–Crippen LogP) is -0.0526. The second-order valence-electron chi connectivity index (χ2n) is 4.05. The van der Waals surface area contributed by atoms with Crippen LogP contribution in [-0.2, 0) is 0 Å². The van der Waals surface area contributed by atoms with Crippen LogP contribution in [0.4, 0.5) is 5.82 Å². The summed E-state index contributed by atoms with van der Waals surface area (Å²) in [5.41, 5.74) is 5.58. The fourth-order valence-corrected chi connectivity index (χ4v) is 2.07. The minimum Gasteiger partial charge on any atom is -0.354 e. The maximum atomic E-state index is 5.58. The number of rotatable bonds is 3. The van der Waals surface area contributed by atoms with Crippen LogP contribution in [0.5, 0.6) is 0 Å². The summed E-state index contributed by atoms with van der Waals surface area (Å²) < 4.78 is 0. The molecule has 2 N–H and O–H groups in total. The number of hydrogen-bond donors (Lipinski definition) is 1. The van der Waals surface area contributed by atoms with E-state index in [1.807, 2.05) is 12.1 Å². The molecular weight excluding hydrogens is 202 g/mol. The second-order valence-corrected chi connectivity index (χ2v) is 4.05. The molecule has 0 bridgehead atoms. The van der Waals surface area contributed by atoms with Crippen molar-refractivity contribution in [2.24, 2.45) is 5.73 Å². The molecule has 0 atom stereocenters. The smallest absolute Gasteiger partial charge is 0.151 e. The Morgan fingerprint density at radius 3 is 2.94 bits per heavy atom. The van der Waals surface area contributed by atoms with Gasteiger partial charge in [0.05, 0.1) is 0 Å². The summed E-state index contributed by atoms with van der Waals surface area (Å²) in [4.78, 5) is 4.71. The lowest BCUT2D eigenvalue weighted by Gasteiger charge is -2.21. The van der Waals surface area contributed by atoms with Crippen molar-refractivity contribution < 1.29 is 0 Å². The number of nitrogens with two attached hydrogens (primary N) is 1. The topological polar surface area (TPSA) is 58.3 Å². The van der Waals surface area contributed by atoms with Gasteiger partial charge in [-0.3, -0.25) is 0 Å². The van der Waals surface area contributed by atoms with E-state index in [-0.39, 0.29) is 0 Å². The van der Waals surface area contributed by atoms with E-state index in [1.54, 1.807) is 6.20 Å². The van der Waals surface area contributed by atoms with Crippen molar-refractivity contribution >= 4 is 5.82 Å². The molecule has 5 nitrogen and oxygen atoms in total. The van der Waals surface area contributed by atoms with Crippen LogP contribution in [0.1, 0.15) is 6.42 Å². The Hall–Kier alpha value is -1.20. The SMILES string of the molecule is NCCN1CCCN(c2cccnn2)CC1. The van der Waals surface area contributed by atoms with E-state index in [9.17, 15) is 0 Å². The molecule has 1 fully saturated rings. The lowest BCUT2D eigenvalue weighted by molar-refractivity contribution is 0.302. The van der Waals surface area contributed by atoms with E-state index >= 15 is 0 Å². The third kappa shape index (κ3) is 2.90. The molecule has 1 aromatic rings. The van der Waals surface area contributed by atoms with Crippen molar-refractivity contribution in [1.29, 1.82) is 0 Å². The lowest BCUT2D eigenvalue weighted by Crippen LogP contribution is -2.34. The Morgan fingerprint density at radius 1 is 1.25 bits per heavy atom. The molecule has 0 spiro atoms. The molecule has 1 saturated heterocycles. The van der Waals surface area contributed by atoms with Gasteiger partial charge >= 0.3 is 0 Å². The van der Waals surface area contributed by atoms with Crippen LogP contribution in [0, 0.1) is 0 Å².